The minimum absolute atomic E-state index is 0.0350. The molecule has 0 fully saturated rings. The van der Waals surface area contributed by atoms with Crippen molar-refractivity contribution in [2.24, 2.45) is 0 Å². The minimum Gasteiger partial charge on any atom is -0.497 e. The largest absolute Gasteiger partial charge is 0.497 e. The van der Waals surface area contributed by atoms with Gasteiger partial charge in [-0.05, 0) is 36.4 Å². The zero-order valence-electron chi connectivity index (χ0n) is 16.4. The van der Waals surface area contributed by atoms with Crippen LogP contribution in [0.4, 0.5) is 18.9 Å². The Labute approximate surface area is 174 Å². The van der Waals surface area contributed by atoms with Crippen molar-refractivity contribution in [1.29, 1.82) is 0 Å². The first-order chi connectivity index (χ1) is 14.6. The lowest BCUT2D eigenvalue weighted by atomic mass is 10.1. The van der Waals surface area contributed by atoms with Crippen molar-refractivity contribution in [3.63, 3.8) is 0 Å². The molecule has 162 valence electrons. The molecule has 0 saturated heterocycles. The summed E-state index contributed by atoms with van der Waals surface area (Å²) in [6, 6.07) is 10.2. The highest BCUT2D eigenvalue weighted by atomic mass is 19.4. The number of nitrogens with zero attached hydrogens (tertiary/aromatic N) is 1. The predicted octanol–water partition coefficient (Wildman–Crippen LogP) is 3.82. The lowest BCUT2D eigenvalue weighted by Crippen LogP contribution is -2.22. The van der Waals surface area contributed by atoms with Gasteiger partial charge in [-0.25, -0.2) is 4.79 Å². The summed E-state index contributed by atoms with van der Waals surface area (Å²) in [4.78, 5) is 36.1. The van der Waals surface area contributed by atoms with Gasteiger partial charge in [0.2, 0.25) is 5.91 Å². The van der Waals surface area contributed by atoms with E-state index in [0.29, 0.717) is 11.4 Å². The monoisotopic (exact) mass is 434 g/mol. The number of hydrogen-bond donors (Lipinski definition) is 1. The first kappa shape index (κ1) is 21.9. The number of ketones is 1. The van der Waals surface area contributed by atoms with Crippen LogP contribution in [-0.2, 0) is 16.1 Å². The molecule has 0 aliphatic heterocycles. The molecule has 0 spiro atoms. The van der Waals surface area contributed by atoms with E-state index in [1.54, 1.807) is 24.3 Å². The van der Waals surface area contributed by atoms with E-state index in [1.165, 1.54) is 29.9 Å². The molecule has 0 bridgehead atoms. The molecular weight excluding hydrogens is 417 g/mol. The summed E-state index contributed by atoms with van der Waals surface area (Å²) < 4.78 is 49.9. The van der Waals surface area contributed by atoms with Gasteiger partial charge in [-0.1, -0.05) is 6.07 Å². The fraction of sp³-hybridized carbons (Fsp3) is 0.190. The number of hydrogen-bond acceptors (Lipinski definition) is 5. The van der Waals surface area contributed by atoms with Crippen LogP contribution in [0.25, 0.3) is 10.9 Å². The van der Waals surface area contributed by atoms with Gasteiger partial charge in [0.15, 0.2) is 0 Å². The van der Waals surface area contributed by atoms with Gasteiger partial charge in [-0.2, -0.15) is 13.2 Å². The summed E-state index contributed by atoms with van der Waals surface area (Å²) in [7, 11) is 2.65. The molecule has 1 heterocycles. The van der Waals surface area contributed by atoms with Crippen LogP contribution in [0.1, 0.15) is 20.7 Å². The molecule has 0 saturated carbocycles. The van der Waals surface area contributed by atoms with Gasteiger partial charge in [0.1, 0.15) is 12.3 Å². The summed E-state index contributed by atoms with van der Waals surface area (Å²) in [5.41, 5.74) is 0.0107. The van der Waals surface area contributed by atoms with E-state index in [0.717, 1.165) is 13.3 Å². The number of carbonyl (C=O) groups is 3. The molecule has 0 aliphatic carbocycles. The fourth-order valence-corrected chi connectivity index (χ4v) is 3.03. The lowest BCUT2D eigenvalue weighted by molar-refractivity contribution is -0.116. The minimum atomic E-state index is -5.09. The molecule has 7 nitrogen and oxygen atoms in total. The quantitative estimate of drug-likeness (QED) is 0.471. The Hall–Kier alpha value is -3.82. The second-order valence-corrected chi connectivity index (χ2v) is 6.50. The van der Waals surface area contributed by atoms with E-state index in [4.69, 9.17) is 4.74 Å². The maximum Gasteiger partial charge on any atom is 0.454 e. The molecule has 0 unspecified atom stereocenters. The van der Waals surface area contributed by atoms with Gasteiger partial charge in [0.25, 0.3) is 5.78 Å². The third-order valence-corrected chi connectivity index (χ3v) is 4.49. The number of aromatic nitrogens is 1. The van der Waals surface area contributed by atoms with Gasteiger partial charge in [-0.3, -0.25) is 9.59 Å². The number of carbonyl (C=O) groups excluding carboxylic acids is 3. The highest BCUT2D eigenvalue weighted by Gasteiger charge is 2.41. The van der Waals surface area contributed by atoms with Crippen molar-refractivity contribution in [3.8, 4) is 5.75 Å². The van der Waals surface area contributed by atoms with E-state index in [2.05, 4.69) is 10.1 Å². The van der Waals surface area contributed by atoms with Gasteiger partial charge < -0.3 is 19.4 Å². The number of rotatable bonds is 6. The van der Waals surface area contributed by atoms with Crippen LogP contribution in [0.15, 0.2) is 48.7 Å². The Bertz CT molecular complexity index is 1150. The summed E-state index contributed by atoms with van der Waals surface area (Å²) in [5, 5.41) is 2.57. The predicted molar refractivity (Wildman–Crippen MR) is 105 cm³/mol. The number of alkyl halides is 3. The standard InChI is InChI=1S/C21H17F3N2O5/c1-30-14-6-4-13(5-7-14)25-18(27)11-26-10-16(19(28)21(22,23)24)15-8-3-12(9-17(15)26)20(29)31-2/h3-10H,11H2,1-2H3,(H,25,27). The third kappa shape index (κ3) is 4.68. The zero-order valence-corrected chi connectivity index (χ0v) is 16.4. The van der Waals surface area contributed by atoms with Crippen LogP contribution in [0.5, 0.6) is 5.75 Å². The molecular formula is C21H17F3N2O5. The number of fused-ring (bicyclic) bond motifs is 1. The van der Waals surface area contributed by atoms with Crippen molar-refractivity contribution in [2.75, 3.05) is 19.5 Å². The summed E-state index contributed by atoms with van der Waals surface area (Å²) in [6.45, 7) is -0.391. The highest BCUT2D eigenvalue weighted by Crippen LogP contribution is 2.29. The molecule has 1 amide bonds. The Morgan fingerprint density at radius 2 is 1.71 bits per heavy atom. The Morgan fingerprint density at radius 1 is 1.03 bits per heavy atom. The molecule has 3 rings (SSSR count). The lowest BCUT2D eigenvalue weighted by Gasteiger charge is -2.09. The average molecular weight is 434 g/mol. The average Bonchev–Trinajstić information content (AvgIpc) is 3.09. The number of nitrogens with one attached hydrogen (secondary N) is 1. The molecule has 3 aromatic rings. The third-order valence-electron chi connectivity index (χ3n) is 4.49. The van der Waals surface area contributed by atoms with E-state index in [-0.39, 0.29) is 16.5 Å². The second kappa shape index (κ2) is 8.50. The number of methoxy groups -OCH3 is 2. The van der Waals surface area contributed by atoms with Gasteiger partial charge in [0.05, 0.1) is 30.9 Å². The number of halogens is 3. The van der Waals surface area contributed by atoms with E-state index < -0.39 is 35.9 Å². The molecule has 10 heteroatoms. The first-order valence-corrected chi connectivity index (χ1v) is 8.90. The zero-order chi connectivity index (χ0) is 22.8. The number of esters is 1. The van der Waals surface area contributed by atoms with Crippen molar-refractivity contribution in [3.05, 3.63) is 59.8 Å². The number of anilines is 1. The van der Waals surface area contributed by atoms with Crippen LogP contribution in [0, 0.1) is 0 Å². The van der Waals surface area contributed by atoms with Crippen molar-refractivity contribution >= 4 is 34.3 Å². The van der Waals surface area contributed by atoms with Crippen LogP contribution >= 0.6 is 0 Å². The van der Waals surface area contributed by atoms with E-state index in [1.807, 2.05) is 0 Å². The fourth-order valence-electron chi connectivity index (χ4n) is 3.03. The van der Waals surface area contributed by atoms with E-state index in [9.17, 15) is 27.6 Å². The summed E-state index contributed by atoms with van der Waals surface area (Å²) in [6.07, 6.45) is -4.14. The Morgan fingerprint density at radius 3 is 2.29 bits per heavy atom. The number of amides is 1. The van der Waals surface area contributed by atoms with Gasteiger partial charge in [0, 0.05) is 17.3 Å². The Kier molecular flexibility index (Phi) is 6.00. The second-order valence-electron chi connectivity index (χ2n) is 6.50. The molecule has 2 aromatic carbocycles. The van der Waals surface area contributed by atoms with Crippen LogP contribution in [-0.4, -0.2) is 42.6 Å². The van der Waals surface area contributed by atoms with Crippen LogP contribution < -0.4 is 10.1 Å². The van der Waals surface area contributed by atoms with Gasteiger partial charge in [-0.15, -0.1) is 0 Å². The van der Waals surface area contributed by atoms with Crippen molar-refractivity contribution in [2.45, 2.75) is 12.7 Å². The van der Waals surface area contributed by atoms with Crippen molar-refractivity contribution in [1.82, 2.24) is 4.57 Å². The molecule has 0 radical (unpaired) electrons. The molecule has 0 aliphatic rings. The maximum absolute atomic E-state index is 13.0. The van der Waals surface area contributed by atoms with Gasteiger partial charge >= 0.3 is 12.1 Å². The number of benzene rings is 2. The van der Waals surface area contributed by atoms with Crippen LogP contribution in [0.3, 0.4) is 0 Å². The molecule has 1 aromatic heterocycles. The summed E-state index contributed by atoms with van der Waals surface area (Å²) >= 11 is 0. The number of Topliss-reactive ketones (excluding diaryl/α,β-unsaturated/α-hetero) is 1. The maximum atomic E-state index is 13.0. The topological polar surface area (TPSA) is 86.6 Å². The smallest absolute Gasteiger partial charge is 0.454 e. The van der Waals surface area contributed by atoms with E-state index >= 15 is 0 Å². The summed E-state index contributed by atoms with van der Waals surface area (Å²) in [5.74, 6) is -2.71. The molecule has 31 heavy (non-hydrogen) atoms. The van der Waals surface area contributed by atoms with Crippen molar-refractivity contribution < 1.29 is 37.0 Å². The first-order valence-electron chi connectivity index (χ1n) is 8.90. The SMILES string of the molecule is COC(=O)c1ccc2c(C(=O)C(F)(F)F)cn(CC(=O)Nc3ccc(OC)cc3)c2c1. The van der Waals surface area contributed by atoms with Crippen LogP contribution in [0.2, 0.25) is 0 Å². The molecule has 0 atom stereocenters. The highest BCUT2D eigenvalue weighted by molar-refractivity contribution is 6.11. The molecule has 1 N–H and O–H groups in total. The Balaban J connectivity index is 1.97. The normalized spacial score (nSPS) is 11.3. The number of ether oxygens (including phenoxy) is 2.